The fraction of sp³-hybridized carbons (Fsp3) is 0.533. The molecule has 0 aliphatic heterocycles. The van der Waals surface area contributed by atoms with Gasteiger partial charge in [0.15, 0.2) is 0 Å². The number of rotatable bonds is 4. The summed E-state index contributed by atoms with van der Waals surface area (Å²) < 4.78 is 27.5. The number of anilines is 1. The van der Waals surface area contributed by atoms with Gasteiger partial charge in [-0.15, -0.1) is 0 Å². The van der Waals surface area contributed by atoms with Gasteiger partial charge < -0.3 is 11.1 Å². The number of nitrogens with two attached hydrogens (primary N) is 1. The first-order valence-corrected chi connectivity index (χ1v) is 8.66. The molecule has 1 aromatic rings. The monoisotopic (exact) mass is 325 g/mol. The highest BCUT2D eigenvalue weighted by Crippen LogP contribution is 2.33. The average Bonchev–Trinajstić information content (AvgIpc) is 3.08. The van der Waals surface area contributed by atoms with Crippen LogP contribution < -0.4 is 15.8 Å². The zero-order valence-electron chi connectivity index (χ0n) is 13.4. The molecular weight excluding hydrogens is 302 g/mol. The molecule has 7 heteroatoms. The molecule has 122 valence electrons. The van der Waals surface area contributed by atoms with Gasteiger partial charge in [0.05, 0.1) is 10.4 Å². The van der Waals surface area contributed by atoms with Crippen LogP contribution in [0, 0.1) is 6.92 Å². The maximum Gasteiger partial charge on any atom is 0.244 e. The number of nitrogens with one attached hydrogen (secondary N) is 2. The van der Waals surface area contributed by atoms with Crippen LogP contribution in [0.4, 0.5) is 5.69 Å². The first kappa shape index (κ1) is 16.9. The standard InChI is InChI=1S/C15H23N3O3S/c1-10-5-6-11(17-13(19)15(16)7-8-15)9-12(10)22(20,21)18-14(2,3)4/h5-6,9,18H,7-8,16H2,1-4H3,(H,17,19). The van der Waals surface area contributed by atoms with Gasteiger partial charge in [0, 0.05) is 11.2 Å². The Labute approximate surface area is 131 Å². The minimum absolute atomic E-state index is 0.155. The van der Waals surface area contributed by atoms with Gasteiger partial charge in [-0.2, -0.15) is 0 Å². The lowest BCUT2D eigenvalue weighted by Gasteiger charge is -2.21. The van der Waals surface area contributed by atoms with E-state index in [-0.39, 0.29) is 10.8 Å². The van der Waals surface area contributed by atoms with Crippen molar-refractivity contribution in [3.63, 3.8) is 0 Å². The fourth-order valence-electron chi connectivity index (χ4n) is 2.04. The van der Waals surface area contributed by atoms with E-state index < -0.39 is 21.1 Å². The van der Waals surface area contributed by atoms with E-state index in [2.05, 4.69) is 10.0 Å². The van der Waals surface area contributed by atoms with E-state index in [0.717, 1.165) is 0 Å². The van der Waals surface area contributed by atoms with Gasteiger partial charge in [-0.1, -0.05) is 6.07 Å². The van der Waals surface area contributed by atoms with Gasteiger partial charge in [0.25, 0.3) is 0 Å². The van der Waals surface area contributed by atoms with E-state index in [9.17, 15) is 13.2 Å². The highest BCUT2D eigenvalue weighted by molar-refractivity contribution is 7.89. The molecule has 1 aliphatic carbocycles. The largest absolute Gasteiger partial charge is 0.324 e. The Hall–Kier alpha value is -1.44. The minimum atomic E-state index is -3.66. The summed E-state index contributed by atoms with van der Waals surface area (Å²) in [6, 6.07) is 4.81. The van der Waals surface area contributed by atoms with Crippen LogP contribution in [0.15, 0.2) is 23.1 Å². The molecule has 22 heavy (non-hydrogen) atoms. The SMILES string of the molecule is Cc1ccc(NC(=O)C2(N)CC2)cc1S(=O)(=O)NC(C)(C)C. The smallest absolute Gasteiger partial charge is 0.244 e. The van der Waals surface area contributed by atoms with Gasteiger partial charge in [-0.25, -0.2) is 13.1 Å². The van der Waals surface area contributed by atoms with Crippen LogP contribution in [0.3, 0.4) is 0 Å². The minimum Gasteiger partial charge on any atom is -0.324 e. The normalized spacial score (nSPS) is 17.1. The van der Waals surface area contributed by atoms with Gasteiger partial charge >= 0.3 is 0 Å². The summed E-state index contributed by atoms with van der Waals surface area (Å²) in [6.45, 7) is 7.04. The maximum atomic E-state index is 12.5. The molecule has 1 saturated carbocycles. The third kappa shape index (κ3) is 3.85. The molecule has 1 amide bonds. The summed E-state index contributed by atoms with van der Waals surface area (Å²) in [7, 11) is -3.66. The first-order valence-electron chi connectivity index (χ1n) is 7.18. The molecule has 0 heterocycles. The average molecular weight is 325 g/mol. The van der Waals surface area contributed by atoms with Crippen molar-refractivity contribution in [3.8, 4) is 0 Å². The summed E-state index contributed by atoms with van der Waals surface area (Å²) in [5, 5.41) is 2.69. The van der Waals surface area contributed by atoms with Crippen LogP contribution in [0.1, 0.15) is 39.2 Å². The van der Waals surface area contributed by atoms with Gasteiger partial charge in [0.1, 0.15) is 0 Å². The van der Waals surface area contributed by atoms with Gasteiger partial charge in [0.2, 0.25) is 15.9 Å². The first-order chi connectivity index (χ1) is 9.93. The number of amides is 1. The molecule has 0 unspecified atom stereocenters. The van der Waals surface area contributed by atoms with E-state index in [4.69, 9.17) is 5.73 Å². The predicted octanol–water partition coefficient (Wildman–Crippen LogP) is 1.50. The van der Waals surface area contributed by atoms with Crippen LogP contribution >= 0.6 is 0 Å². The number of benzene rings is 1. The molecule has 1 aromatic carbocycles. The number of sulfonamides is 1. The van der Waals surface area contributed by atoms with E-state index in [0.29, 0.717) is 24.1 Å². The lowest BCUT2D eigenvalue weighted by molar-refractivity contribution is -0.118. The number of carbonyl (C=O) groups excluding carboxylic acids is 1. The van der Waals surface area contributed by atoms with Crippen LogP contribution in [0.5, 0.6) is 0 Å². The zero-order valence-corrected chi connectivity index (χ0v) is 14.2. The number of carbonyl (C=O) groups is 1. The Kier molecular flexibility index (Phi) is 4.10. The molecule has 0 atom stereocenters. The summed E-state index contributed by atoms with van der Waals surface area (Å²) >= 11 is 0. The van der Waals surface area contributed by atoms with Crippen LogP contribution in [-0.4, -0.2) is 25.4 Å². The van der Waals surface area contributed by atoms with Crippen LogP contribution in [-0.2, 0) is 14.8 Å². The molecule has 2 rings (SSSR count). The maximum absolute atomic E-state index is 12.5. The third-order valence-electron chi connectivity index (χ3n) is 3.42. The molecule has 4 N–H and O–H groups in total. The predicted molar refractivity (Wildman–Crippen MR) is 86.0 cm³/mol. The molecule has 1 fully saturated rings. The van der Waals surface area contributed by atoms with E-state index in [1.807, 2.05) is 0 Å². The summed E-state index contributed by atoms with van der Waals surface area (Å²) in [4.78, 5) is 12.1. The van der Waals surface area contributed by atoms with E-state index in [1.165, 1.54) is 6.07 Å². The second-order valence-corrected chi connectivity index (χ2v) is 8.60. The summed E-state index contributed by atoms with van der Waals surface area (Å²) in [5.41, 5.74) is 5.50. The third-order valence-corrected chi connectivity index (χ3v) is 5.32. The van der Waals surface area contributed by atoms with Crippen molar-refractivity contribution in [2.75, 3.05) is 5.32 Å². The highest BCUT2D eigenvalue weighted by Gasteiger charge is 2.46. The van der Waals surface area contributed by atoms with Crippen molar-refractivity contribution in [1.29, 1.82) is 0 Å². The Morgan fingerprint density at radius 2 is 1.86 bits per heavy atom. The van der Waals surface area contributed by atoms with Crippen molar-refractivity contribution in [1.82, 2.24) is 4.72 Å². The molecular formula is C15H23N3O3S. The second kappa shape index (κ2) is 5.33. The summed E-state index contributed by atoms with van der Waals surface area (Å²) in [5.74, 6) is -0.275. The van der Waals surface area contributed by atoms with Crippen LogP contribution in [0.25, 0.3) is 0 Å². The van der Waals surface area contributed by atoms with Crippen LogP contribution in [0.2, 0.25) is 0 Å². The number of aryl methyl sites for hydroxylation is 1. The lowest BCUT2D eigenvalue weighted by Crippen LogP contribution is -2.40. The second-order valence-electron chi connectivity index (χ2n) is 6.95. The molecule has 0 saturated heterocycles. The quantitative estimate of drug-likeness (QED) is 0.781. The molecule has 6 nitrogen and oxygen atoms in total. The molecule has 0 radical (unpaired) electrons. The Balaban J connectivity index is 2.29. The van der Waals surface area contributed by atoms with Crippen molar-refractivity contribution in [3.05, 3.63) is 23.8 Å². The topological polar surface area (TPSA) is 101 Å². The van der Waals surface area contributed by atoms with Gasteiger partial charge in [-0.3, -0.25) is 4.79 Å². The molecule has 0 spiro atoms. The Bertz CT molecular complexity index is 701. The Morgan fingerprint density at radius 3 is 2.36 bits per heavy atom. The zero-order chi connectivity index (χ0) is 16.8. The fourth-order valence-corrected chi connectivity index (χ4v) is 3.73. The number of hydrogen-bond donors (Lipinski definition) is 3. The molecule has 0 bridgehead atoms. The van der Waals surface area contributed by atoms with E-state index in [1.54, 1.807) is 39.8 Å². The van der Waals surface area contributed by atoms with Crippen molar-refractivity contribution in [2.45, 2.75) is 56.5 Å². The van der Waals surface area contributed by atoms with Crippen molar-refractivity contribution >= 4 is 21.6 Å². The van der Waals surface area contributed by atoms with E-state index >= 15 is 0 Å². The van der Waals surface area contributed by atoms with Crippen molar-refractivity contribution < 1.29 is 13.2 Å². The lowest BCUT2D eigenvalue weighted by atomic mass is 10.1. The Morgan fingerprint density at radius 1 is 1.27 bits per heavy atom. The molecule has 0 aromatic heterocycles. The highest BCUT2D eigenvalue weighted by atomic mass is 32.2. The number of hydrogen-bond acceptors (Lipinski definition) is 4. The van der Waals surface area contributed by atoms with Crippen molar-refractivity contribution in [2.24, 2.45) is 5.73 Å². The summed E-state index contributed by atoms with van der Waals surface area (Å²) in [6.07, 6.45) is 1.31. The molecule has 1 aliphatic rings. The van der Waals surface area contributed by atoms with Gasteiger partial charge in [-0.05, 0) is 58.2 Å².